The van der Waals surface area contributed by atoms with Crippen LogP contribution in [0.1, 0.15) is 0 Å². The van der Waals surface area contributed by atoms with Gasteiger partial charge in [-0.2, -0.15) is 0 Å². The average Bonchev–Trinajstić information content (AvgIpc) is 2.49. The van der Waals surface area contributed by atoms with Crippen LogP contribution in [0.5, 0.6) is 11.5 Å². The molecule has 0 heterocycles. The minimum absolute atomic E-state index is 0.00833. The number of nitrogens with one attached hydrogen (secondary N) is 2. The van der Waals surface area contributed by atoms with Crippen LogP contribution in [0, 0.1) is 0 Å². The van der Waals surface area contributed by atoms with Crippen molar-refractivity contribution in [1.29, 1.82) is 0 Å². The fourth-order valence-electron chi connectivity index (χ4n) is 1.85. The van der Waals surface area contributed by atoms with Gasteiger partial charge in [-0.1, -0.05) is 0 Å². The first kappa shape index (κ1) is 17.9. The van der Waals surface area contributed by atoms with Crippen LogP contribution < -0.4 is 14.2 Å². The van der Waals surface area contributed by atoms with Crippen LogP contribution in [-0.4, -0.2) is 35.3 Å². The van der Waals surface area contributed by atoms with Gasteiger partial charge in [-0.05, 0) is 42.5 Å². The van der Waals surface area contributed by atoms with Crippen molar-refractivity contribution in [2.75, 3.05) is 22.8 Å². The number of methoxy groups -OCH3 is 1. The van der Waals surface area contributed by atoms with Gasteiger partial charge in [0, 0.05) is 0 Å². The molecule has 0 aliphatic rings. The Balaban J connectivity index is 2.30. The summed E-state index contributed by atoms with van der Waals surface area (Å²) in [4.78, 5) is 0.00833. The molecule has 2 aromatic rings. The van der Waals surface area contributed by atoms with E-state index < -0.39 is 20.0 Å². The number of hydrogen-bond acceptors (Lipinski definition) is 6. The van der Waals surface area contributed by atoms with E-state index in [9.17, 15) is 21.9 Å². The van der Waals surface area contributed by atoms with Crippen LogP contribution in [0.15, 0.2) is 47.4 Å². The molecule has 0 aliphatic heterocycles. The lowest BCUT2D eigenvalue weighted by Crippen LogP contribution is -2.14. The Labute approximate surface area is 140 Å². The smallest absolute Gasteiger partial charge is 0.261 e. The summed E-state index contributed by atoms with van der Waals surface area (Å²) in [5.74, 6) is 0.186. The maximum Gasteiger partial charge on any atom is 0.261 e. The second-order valence-corrected chi connectivity index (χ2v) is 8.32. The maximum atomic E-state index is 12.3. The minimum atomic E-state index is -3.88. The highest BCUT2D eigenvalue weighted by atomic mass is 32.2. The quantitative estimate of drug-likeness (QED) is 0.523. The molecule has 0 saturated heterocycles. The first-order valence-corrected chi connectivity index (χ1v) is 9.96. The van der Waals surface area contributed by atoms with E-state index in [4.69, 9.17) is 4.74 Å². The zero-order chi connectivity index (χ0) is 18.0. The Morgan fingerprint density at radius 1 is 0.958 bits per heavy atom. The highest BCUT2D eigenvalue weighted by molar-refractivity contribution is 7.92. The van der Waals surface area contributed by atoms with Gasteiger partial charge >= 0.3 is 0 Å². The van der Waals surface area contributed by atoms with Gasteiger partial charge in [-0.25, -0.2) is 16.8 Å². The number of phenols is 1. The molecule has 24 heavy (non-hydrogen) atoms. The van der Waals surface area contributed by atoms with Crippen LogP contribution in [0.3, 0.4) is 0 Å². The predicted octanol–water partition coefficient (Wildman–Crippen LogP) is 1.57. The number of rotatable bonds is 6. The van der Waals surface area contributed by atoms with Gasteiger partial charge in [0.2, 0.25) is 10.0 Å². The Kier molecular flexibility index (Phi) is 4.90. The molecule has 2 rings (SSSR count). The summed E-state index contributed by atoms with van der Waals surface area (Å²) in [6, 6.07) is 9.42. The standard InChI is InChI=1S/C14H16N2O6S2/c1-22-11-4-6-12(7-5-11)24(20,21)15-10-3-8-14(17)13(9-10)16-23(2,18)19/h3-9,15-17H,1-2H3. The Morgan fingerprint density at radius 2 is 1.58 bits per heavy atom. The van der Waals surface area contributed by atoms with Gasteiger partial charge in [0.25, 0.3) is 10.0 Å². The van der Waals surface area contributed by atoms with Crippen molar-refractivity contribution in [3.8, 4) is 11.5 Å². The van der Waals surface area contributed by atoms with E-state index in [1.54, 1.807) is 0 Å². The molecule has 10 heteroatoms. The molecule has 0 aromatic heterocycles. The molecule has 0 unspecified atom stereocenters. The van der Waals surface area contributed by atoms with Crippen LogP contribution in [0.4, 0.5) is 11.4 Å². The summed E-state index contributed by atoms with van der Waals surface area (Å²) in [6.07, 6.45) is 0.917. The lowest BCUT2D eigenvalue weighted by Gasteiger charge is -2.12. The Hall–Kier alpha value is -2.46. The first-order chi connectivity index (χ1) is 11.1. The summed E-state index contributed by atoms with van der Waals surface area (Å²) in [6.45, 7) is 0. The Morgan fingerprint density at radius 3 is 2.12 bits per heavy atom. The van der Waals surface area contributed by atoms with Crippen LogP contribution in [0.25, 0.3) is 0 Å². The molecule has 0 bridgehead atoms. The SMILES string of the molecule is COc1ccc(S(=O)(=O)Nc2ccc(O)c(NS(C)(=O)=O)c2)cc1. The van der Waals surface area contributed by atoms with Crippen molar-refractivity contribution >= 4 is 31.4 Å². The second-order valence-electron chi connectivity index (χ2n) is 4.89. The molecule has 0 aliphatic carbocycles. The van der Waals surface area contributed by atoms with Crippen molar-refractivity contribution in [3.63, 3.8) is 0 Å². The largest absolute Gasteiger partial charge is 0.506 e. The highest BCUT2D eigenvalue weighted by Gasteiger charge is 2.16. The third kappa shape index (κ3) is 4.52. The average molecular weight is 372 g/mol. The van der Waals surface area contributed by atoms with E-state index in [1.165, 1.54) is 49.6 Å². The minimum Gasteiger partial charge on any atom is -0.506 e. The zero-order valence-electron chi connectivity index (χ0n) is 12.8. The molecule has 0 amide bonds. The lowest BCUT2D eigenvalue weighted by atomic mass is 10.3. The molecule has 0 atom stereocenters. The van der Waals surface area contributed by atoms with E-state index in [2.05, 4.69) is 9.44 Å². The molecule has 0 spiro atoms. The van der Waals surface area contributed by atoms with Crippen LogP contribution in [0.2, 0.25) is 0 Å². The number of sulfonamides is 2. The van der Waals surface area contributed by atoms with E-state index in [0.29, 0.717) is 5.75 Å². The van der Waals surface area contributed by atoms with Gasteiger partial charge in [-0.15, -0.1) is 0 Å². The van der Waals surface area contributed by atoms with Crippen molar-refractivity contribution in [2.24, 2.45) is 0 Å². The maximum absolute atomic E-state index is 12.3. The van der Waals surface area contributed by atoms with Gasteiger partial charge < -0.3 is 9.84 Å². The van der Waals surface area contributed by atoms with Gasteiger partial charge in [0.05, 0.1) is 29.6 Å². The van der Waals surface area contributed by atoms with Gasteiger partial charge in [0.1, 0.15) is 11.5 Å². The lowest BCUT2D eigenvalue weighted by molar-refractivity contribution is 0.414. The molecular weight excluding hydrogens is 356 g/mol. The summed E-state index contributed by atoms with van der Waals surface area (Å²) in [5, 5.41) is 9.65. The van der Waals surface area contributed by atoms with Gasteiger partial charge in [0.15, 0.2) is 0 Å². The normalized spacial score (nSPS) is 11.8. The first-order valence-electron chi connectivity index (χ1n) is 6.58. The Bertz CT molecular complexity index is 938. The second kappa shape index (κ2) is 6.57. The fourth-order valence-corrected chi connectivity index (χ4v) is 3.46. The molecule has 2 aromatic carbocycles. The van der Waals surface area contributed by atoms with E-state index in [1.807, 2.05) is 0 Å². The molecule has 0 saturated carbocycles. The third-order valence-electron chi connectivity index (χ3n) is 2.91. The molecule has 8 nitrogen and oxygen atoms in total. The molecule has 3 N–H and O–H groups in total. The zero-order valence-corrected chi connectivity index (χ0v) is 14.5. The fraction of sp³-hybridized carbons (Fsp3) is 0.143. The predicted molar refractivity (Wildman–Crippen MR) is 90.4 cm³/mol. The van der Waals surface area contributed by atoms with Crippen molar-refractivity contribution < 1.29 is 26.7 Å². The topological polar surface area (TPSA) is 122 Å². The summed E-state index contributed by atoms with van der Waals surface area (Å²) in [7, 11) is -6.03. The number of phenolic OH excluding ortho intramolecular Hbond substituents is 1. The van der Waals surface area contributed by atoms with Gasteiger partial charge in [-0.3, -0.25) is 9.44 Å². The van der Waals surface area contributed by atoms with Crippen LogP contribution in [-0.2, 0) is 20.0 Å². The van der Waals surface area contributed by atoms with Crippen molar-refractivity contribution in [3.05, 3.63) is 42.5 Å². The van der Waals surface area contributed by atoms with E-state index >= 15 is 0 Å². The summed E-state index contributed by atoms with van der Waals surface area (Å²) < 4.78 is 56.6. The number of benzene rings is 2. The van der Waals surface area contributed by atoms with Crippen molar-refractivity contribution in [1.82, 2.24) is 0 Å². The number of ether oxygens (including phenoxy) is 1. The summed E-state index contributed by atoms with van der Waals surface area (Å²) in [5.41, 5.74) is -0.0396. The summed E-state index contributed by atoms with van der Waals surface area (Å²) >= 11 is 0. The number of hydrogen-bond donors (Lipinski definition) is 3. The third-order valence-corrected chi connectivity index (χ3v) is 4.90. The molecule has 130 valence electrons. The monoisotopic (exact) mass is 372 g/mol. The molecule has 0 radical (unpaired) electrons. The highest BCUT2D eigenvalue weighted by Crippen LogP contribution is 2.29. The molecular formula is C14H16N2O6S2. The van der Waals surface area contributed by atoms with E-state index in [-0.39, 0.29) is 22.0 Å². The van der Waals surface area contributed by atoms with E-state index in [0.717, 1.165) is 6.26 Å². The number of anilines is 2. The molecule has 0 fully saturated rings. The van der Waals surface area contributed by atoms with Crippen molar-refractivity contribution in [2.45, 2.75) is 4.90 Å². The number of aromatic hydroxyl groups is 1. The van der Waals surface area contributed by atoms with Crippen LogP contribution >= 0.6 is 0 Å².